The quantitative estimate of drug-likeness (QED) is 0.881. The third-order valence-corrected chi connectivity index (χ3v) is 3.21. The SMILES string of the molecule is COC(=O)c1ccc(NC(=O)c2cc(C)n(C(C)C)n2)cc1. The summed E-state index contributed by atoms with van der Waals surface area (Å²) in [6.07, 6.45) is 0. The first-order valence-corrected chi connectivity index (χ1v) is 6.98. The number of rotatable bonds is 4. The molecule has 0 unspecified atom stereocenters. The molecule has 0 aliphatic heterocycles. The van der Waals surface area contributed by atoms with Crippen LogP contribution in [0.25, 0.3) is 0 Å². The topological polar surface area (TPSA) is 73.2 Å². The van der Waals surface area contributed by atoms with Crippen molar-refractivity contribution >= 4 is 17.6 Å². The fourth-order valence-corrected chi connectivity index (χ4v) is 2.12. The Bertz CT molecular complexity index is 687. The molecule has 2 aromatic rings. The lowest BCUT2D eigenvalue weighted by Crippen LogP contribution is -2.14. The minimum atomic E-state index is -0.413. The second-order valence-corrected chi connectivity index (χ2v) is 5.23. The lowest BCUT2D eigenvalue weighted by molar-refractivity contribution is 0.0600. The molecule has 1 aromatic heterocycles. The normalized spacial score (nSPS) is 10.6. The number of carbonyl (C=O) groups is 2. The Balaban J connectivity index is 2.12. The highest BCUT2D eigenvalue weighted by molar-refractivity contribution is 6.03. The van der Waals surface area contributed by atoms with Gasteiger partial charge in [-0.25, -0.2) is 4.79 Å². The maximum atomic E-state index is 12.2. The van der Waals surface area contributed by atoms with Gasteiger partial charge in [0.25, 0.3) is 5.91 Å². The van der Waals surface area contributed by atoms with Gasteiger partial charge in [-0.05, 0) is 51.1 Å². The molecule has 0 saturated carbocycles. The summed E-state index contributed by atoms with van der Waals surface area (Å²) in [6.45, 7) is 5.93. The number of aryl methyl sites for hydroxylation is 1. The van der Waals surface area contributed by atoms with Crippen LogP contribution in [0.2, 0.25) is 0 Å². The molecule has 1 aromatic carbocycles. The smallest absolute Gasteiger partial charge is 0.337 e. The van der Waals surface area contributed by atoms with Crippen LogP contribution in [0.4, 0.5) is 5.69 Å². The lowest BCUT2D eigenvalue weighted by atomic mass is 10.2. The molecule has 0 fully saturated rings. The zero-order valence-electron chi connectivity index (χ0n) is 13.1. The number of methoxy groups -OCH3 is 1. The Hall–Kier alpha value is -2.63. The summed E-state index contributed by atoms with van der Waals surface area (Å²) in [4.78, 5) is 23.5. The van der Waals surface area contributed by atoms with Crippen LogP contribution in [-0.2, 0) is 4.74 Å². The Labute approximate surface area is 129 Å². The summed E-state index contributed by atoms with van der Waals surface area (Å²) in [5, 5.41) is 7.05. The van der Waals surface area contributed by atoms with Crippen LogP contribution in [0.5, 0.6) is 0 Å². The number of ether oxygens (including phenoxy) is 1. The number of aromatic nitrogens is 2. The van der Waals surface area contributed by atoms with E-state index in [1.807, 2.05) is 20.8 Å². The highest BCUT2D eigenvalue weighted by Gasteiger charge is 2.14. The van der Waals surface area contributed by atoms with Crippen molar-refractivity contribution in [3.05, 3.63) is 47.3 Å². The standard InChI is InChI=1S/C16H19N3O3/c1-10(2)19-11(3)9-14(18-19)15(20)17-13-7-5-12(6-8-13)16(21)22-4/h5-10H,1-4H3,(H,17,20). The van der Waals surface area contributed by atoms with Crippen LogP contribution in [0.15, 0.2) is 30.3 Å². The summed E-state index contributed by atoms with van der Waals surface area (Å²) >= 11 is 0. The van der Waals surface area contributed by atoms with E-state index in [1.165, 1.54) is 7.11 Å². The van der Waals surface area contributed by atoms with Crippen molar-refractivity contribution in [2.45, 2.75) is 26.8 Å². The maximum Gasteiger partial charge on any atom is 0.337 e. The van der Waals surface area contributed by atoms with Crippen molar-refractivity contribution in [1.29, 1.82) is 0 Å². The molecule has 0 aliphatic carbocycles. The summed E-state index contributed by atoms with van der Waals surface area (Å²) < 4.78 is 6.43. The van der Waals surface area contributed by atoms with Gasteiger partial charge in [-0.15, -0.1) is 0 Å². The van der Waals surface area contributed by atoms with E-state index in [1.54, 1.807) is 35.0 Å². The summed E-state index contributed by atoms with van der Waals surface area (Å²) in [7, 11) is 1.32. The van der Waals surface area contributed by atoms with Crippen LogP contribution >= 0.6 is 0 Å². The van der Waals surface area contributed by atoms with E-state index >= 15 is 0 Å². The summed E-state index contributed by atoms with van der Waals surface area (Å²) in [6, 6.07) is 8.44. The van der Waals surface area contributed by atoms with Crippen LogP contribution in [0.1, 0.15) is 46.4 Å². The Morgan fingerprint density at radius 1 is 1.23 bits per heavy atom. The molecule has 0 aliphatic rings. The highest BCUT2D eigenvalue weighted by Crippen LogP contribution is 2.14. The highest BCUT2D eigenvalue weighted by atomic mass is 16.5. The molecule has 1 N–H and O–H groups in total. The van der Waals surface area contributed by atoms with Gasteiger partial charge >= 0.3 is 5.97 Å². The first kappa shape index (κ1) is 15.8. The molecule has 0 spiro atoms. The molecular weight excluding hydrogens is 282 g/mol. The van der Waals surface area contributed by atoms with E-state index in [-0.39, 0.29) is 11.9 Å². The van der Waals surface area contributed by atoms with Gasteiger partial charge in [0.15, 0.2) is 5.69 Å². The number of nitrogens with zero attached hydrogens (tertiary/aromatic N) is 2. The number of nitrogens with one attached hydrogen (secondary N) is 1. The van der Waals surface area contributed by atoms with Crippen LogP contribution < -0.4 is 5.32 Å². The lowest BCUT2D eigenvalue weighted by Gasteiger charge is -2.07. The molecular formula is C16H19N3O3. The largest absolute Gasteiger partial charge is 0.465 e. The van der Waals surface area contributed by atoms with E-state index in [0.717, 1.165) is 5.69 Å². The van der Waals surface area contributed by atoms with Crippen molar-refractivity contribution in [3.63, 3.8) is 0 Å². The summed E-state index contributed by atoms with van der Waals surface area (Å²) in [5.41, 5.74) is 2.32. The number of carbonyl (C=O) groups excluding carboxylic acids is 2. The van der Waals surface area contributed by atoms with E-state index in [9.17, 15) is 9.59 Å². The molecule has 6 nitrogen and oxygen atoms in total. The van der Waals surface area contributed by atoms with Crippen molar-refractivity contribution in [2.24, 2.45) is 0 Å². The van der Waals surface area contributed by atoms with Gasteiger partial charge in [0.1, 0.15) is 0 Å². The fourth-order valence-electron chi connectivity index (χ4n) is 2.12. The van der Waals surface area contributed by atoms with Gasteiger partial charge in [-0.1, -0.05) is 0 Å². The molecule has 2 rings (SSSR count). The van der Waals surface area contributed by atoms with Crippen LogP contribution in [0, 0.1) is 6.92 Å². The minimum absolute atomic E-state index is 0.195. The van der Waals surface area contributed by atoms with Gasteiger partial charge in [0.2, 0.25) is 0 Å². The summed E-state index contributed by atoms with van der Waals surface area (Å²) in [5.74, 6) is -0.697. The Morgan fingerprint density at radius 3 is 2.36 bits per heavy atom. The predicted octanol–water partition coefficient (Wildman–Crippen LogP) is 2.81. The minimum Gasteiger partial charge on any atom is -0.465 e. The van der Waals surface area contributed by atoms with Crippen molar-refractivity contribution < 1.29 is 14.3 Å². The molecule has 0 saturated heterocycles. The number of hydrogen-bond acceptors (Lipinski definition) is 4. The van der Waals surface area contributed by atoms with E-state index in [4.69, 9.17) is 0 Å². The van der Waals surface area contributed by atoms with Crippen molar-refractivity contribution in [1.82, 2.24) is 9.78 Å². The molecule has 0 atom stereocenters. The zero-order valence-corrected chi connectivity index (χ0v) is 13.1. The average Bonchev–Trinajstić information content (AvgIpc) is 2.89. The molecule has 6 heteroatoms. The Kier molecular flexibility index (Phi) is 4.60. The average molecular weight is 301 g/mol. The third kappa shape index (κ3) is 3.33. The van der Waals surface area contributed by atoms with Gasteiger partial charge in [0, 0.05) is 17.4 Å². The molecule has 1 amide bonds. The van der Waals surface area contributed by atoms with Gasteiger partial charge in [0.05, 0.1) is 12.7 Å². The zero-order chi connectivity index (χ0) is 16.3. The van der Waals surface area contributed by atoms with Crippen molar-refractivity contribution in [2.75, 3.05) is 12.4 Å². The van der Waals surface area contributed by atoms with E-state index in [0.29, 0.717) is 16.9 Å². The van der Waals surface area contributed by atoms with Gasteiger partial charge < -0.3 is 10.1 Å². The van der Waals surface area contributed by atoms with Crippen LogP contribution in [-0.4, -0.2) is 28.8 Å². The first-order chi connectivity index (χ1) is 10.4. The Morgan fingerprint density at radius 2 is 1.86 bits per heavy atom. The molecule has 116 valence electrons. The molecule has 22 heavy (non-hydrogen) atoms. The van der Waals surface area contributed by atoms with E-state index < -0.39 is 5.97 Å². The molecule has 0 bridgehead atoms. The third-order valence-electron chi connectivity index (χ3n) is 3.21. The van der Waals surface area contributed by atoms with Gasteiger partial charge in [-0.3, -0.25) is 9.48 Å². The second kappa shape index (κ2) is 6.43. The molecule has 1 heterocycles. The van der Waals surface area contributed by atoms with Crippen LogP contribution in [0.3, 0.4) is 0 Å². The fraction of sp³-hybridized carbons (Fsp3) is 0.312. The number of hydrogen-bond donors (Lipinski definition) is 1. The predicted molar refractivity (Wildman–Crippen MR) is 83.1 cm³/mol. The van der Waals surface area contributed by atoms with Crippen molar-refractivity contribution in [3.8, 4) is 0 Å². The number of esters is 1. The monoisotopic (exact) mass is 301 g/mol. The second-order valence-electron chi connectivity index (χ2n) is 5.23. The molecule has 0 radical (unpaired) electrons. The number of anilines is 1. The number of benzene rings is 1. The maximum absolute atomic E-state index is 12.2. The van der Waals surface area contributed by atoms with E-state index in [2.05, 4.69) is 15.2 Å². The van der Waals surface area contributed by atoms with Gasteiger partial charge in [-0.2, -0.15) is 5.10 Å². The number of amides is 1. The first-order valence-electron chi connectivity index (χ1n) is 6.98.